The summed E-state index contributed by atoms with van der Waals surface area (Å²) >= 11 is 0. The zero-order valence-corrected chi connectivity index (χ0v) is 29.2. The number of ether oxygens (including phenoxy) is 4. The van der Waals surface area contributed by atoms with Gasteiger partial charge in [0.05, 0.1) is 32.5 Å². The van der Waals surface area contributed by atoms with Gasteiger partial charge in [-0.3, -0.25) is 14.4 Å². The molecule has 1 atom stereocenters. The third-order valence-electron chi connectivity index (χ3n) is 7.26. The summed E-state index contributed by atoms with van der Waals surface area (Å²) in [5, 5.41) is 77.3. The van der Waals surface area contributed by atoms with E-state index in [1.807, 2.05) is 6.92 Å². The Morgan fingerprint density at radius 1 is 0.560 bits per heavy atom. The van der Waals surface area contributed by atoms with Crippen LogP contribution in [-0.2, 0) is 47.7 Å². The molecule has 0 amide bonds. The molecule has 0 aliphatic heterocycles. The van der Waals surface area contributed by atoms with E-state index in [9.17, 15) is 64.5 Å². The molecule has 0 bridgehead atoms. The summed E-state index contributed by atoms with van der Waals surface area (Å²) in [5.74, 6) is -18.2. The van der Waals surface area contributed by atoms with Crippen molar-refractivity contribution >= 4 is 35.3 Å². The SMILES string of the molecule is CCCCOCC(O)CN(CCCOC(=O)C(=O)CC)C(O)(O)C(O)(O)C(O)(O)N(CCCOC(=O)C(=O)CC)CCCOC(=O)C(=O)CC. The minimum absolute atomic E-state index is 0.132. The molecule has 0 aliphatic carbocycles. The fourth-order valence-corrected chi connectivity index (χ4v) is 4.17. The first-order valence-electron chi connectivity index (χ1n) is 16.5. The maximum Gasteiger partial charge on any atom is 0.374 e. The summed E-state index contributed by atoms with van der Waals surface area (Å²) in [5.41, 5.74) is 0. The second-order valence-electron chi connectivity index (χ2n) is 11.3. The number of esters is 3. The van der Waals surface area contributed by atoms with Gasteiger partial charge in [0.25, 0.3) is 11.8 Å². The van der Waals surface area contributed by atoms with Crippen LogP contribution in [0.4, 0.5) is 0 Å². The van der Waals surface area contributed by atoms with Crippen LogP contribution in [0.15, 0.2) is 0 Å². The molecule has 0 heterocycles. The maximum absolute atomic E-state index is 11.7. The Kier molecular flexibility index (Phi) is 22.1. The molecule has 0 aromatic carbocycles. The number of hydrogen-bond acceptors (Lipinski definition) is 19. The van der Waals surface area contributed by atoms with Crippen molar-refractivity contribution in [3.63, 3.8) is 0 Å². The first-order chi connectivity index (χ1) is 23.3. The van der Waals surface area contributed by atoms with Gasteiger partial charge in [0.15, 0.2) is 0 Å². The standard InChI is InChI=1S/C31H54N2O17/c1-5-9-16-47-21-22(34)20-33(15-12-19-50-28(40)25(37)8-4)31(45,46)29(41,42)30(43,44)32(13-10-17-48-26(38)23(35)6-2)14-11-18-49-27(39)24(36)7-3/h22,34,41-46H,5-21H2,1-4H3. The van der Waals surface area contributed by atoms with E-state index < -0.39 is 105 Å². The van der Waals surface area contributed by atoms with Crippen molar-refractivity contribution in [2.75, 3.05) is 59.2 Å². The van der Waals surface area contributed by atoms with E-state index in [4.69, 9.17) is 18.9 Å². The predicted molar refractivity (Wildman–Crippen MR) is 169 cm³/mol. The number of carbonyl (C=O) groups excluding carboxylic acids is 6. The molecule has 0 aromatic heterocycles. The van der Waals surface area contributed by atoms with Gasteiger partial charge in [-0.15, -0.1) is 0 Å². The van der Waals surface area contributed by atoms with E-state index in [0.29, 0.717) is 16.2 Å². The van der Waals surface area contributed by atoms with Crippen molar-refractivity contribution in [3.8, 4) is 0 Å². The monoisotopic (exact) mass is 726 g/mol. The van der Waals surface area contributed by atoms with Crippen LogP contribution in [-0.4, -0.2) is 164 Å². The van der Waals surface area contributed by atoms with E-state index in [1.165, 1.54) is 20.8 Å². The smallest absolute Gasteiger partial charge is 0.374 e. The molecule has 0 fully saturated rings. The fourth-order valence-electron chi connectivity index (χ4n) is 4.17. The van der Waals surface area contributed by atoms with E-state index in [0.717, 1.165) is 6.42 Å². The highest BCUT2D eigenvalue weighted by Gasteiger charge is 2.66. The number of carbonyl (C=O) groups is 6. The Bertz CT molecular complexity index is 1060. The van der Waals surface area contributed by atoms with Crippen LogP contribution in [0.3, 0.4) is 0 Å². The normalized spacial score (nSPS) is 12.9. The maximum atomic E-state index is 11.7. The summed E-state index contributed by atoms with van der Waals surface area (Å²) < 4.78 is 19.8. The molecule has 0 saturated carbocycles. The van der Waals surface area contributed by atoms with Crippen molar-refractivity contribution in [1.29, 1.82) is 0 Å². The zero-order chi connectivity index (χ0) is 38.5. The minimum atomic E-state index is -4.30. The van der Waals surface area contributed by atoms with E-state index in [1.54, 1.807) is 0 Å². The molecule has 0 aromatic rings. The third-order valence-corrected chi connectivity index (χ3v) is 7.26. The average molecular weight is 727 g/mol. The van der Waals surface area contributed by atoms with Gasteiger partial charge in [-0.05, 0) is 25.7 Å². The molecule has 19 nitrogen and oxygen atoms in total. The van der Waals surface area contributed by atoms with E-state index in [2.05, 4.69) is 0 Å². The highest BCUT2D eigenvalue weighted by atomic mass is 16.7. The van der Waals surface area contributed by atoms with Crippen LogP contribution in [0.5, 0.6) is 0 Å². The van der Waals surface area contributed by atoms with Gasteiger partial charge >= 0.3 is 23.7 Å². The fraction of sp³-hybridized carbons (Fsp3) is 0.806. The molecule has 0 aliphatic rings. The van der Waals surface area contributed by atoms with Gasteiger partial charge in [-0.25, -0.2) is 24.2 Å². The Morgan fingerprint density at radius 3 is 1.28 bits per heavy atom. The van der Waals surface area contributed by atoms with Crippen LogP contribution in [0.1, 0.15) is 79.1 Å². The van der Waals surface area contributed by atoms with Crippen molar-refractivity contribution in [1.82, 2.24) is 9.80 Å². The Labute approximate surface area is 290 Å². The molecule has 1 unspecified atom stereocenters. The summed E-state index contributed by atoms with van der Waals surface area (Å²) in [6.07, 6.45) is -1.28. The van der Waals surface area contributed by atoms with Crippen molar-refractivity contribution in [3.05, 3.63) is 0 Å². The molecule has 0 rings (SSSR count). The lowest BCUT2D eigenvalue weighted by Gasteiger charge is -2.50. The van der Waals surface area contributed by atoms with Gasteiger partial charge < -0.3 is 54.7 Å². The third kappa shape index (κ3) is 15.1. The number of aliphatic hydroxyl groups is 7. The van der Waals surface area contributed by atoms with E-state index >= 15 is 0 Å². The minimum Gasteiger partial charge on any atom is -0.460 e. The molecule has 7 N–H and O–H groups in total. The molecule has 0 saturated heterocycles. The van der Waals surface area contributed by atoms with Gasteiger partial charge in [0, 0.05) is 52.0 Å². The molecule has 290 valence electrons. The summed E-state index contributed by atoms with van der Waals surface area (Å²) in [6.45, 7) is 2.25. The van der Waals surface area contributed by atoms with Gasteiger partial charge in [0.2, 0.25) is 17.3 Å². The summed E-state index contributed by atoms with van der Waals surface area (Å²) in [6, 6.07) is 0. The quantitative estimate of drug-likeness (QED) is 0.0137. The number of Topliss-reactive ketones (excluding diaryl/α,β-unsaturated/α-hetero) is 3. The number of ketones is 3. The Balaban J connectivity index is 6.20. The number of rotatable bonds is 29. The molecule has 0 spiro atoms. The zero-order valence-electron chi connectivity index (χ0n) is 29.2. The Hall–Kier alpha value is -2.98. The molecule has 19 heteroatoms. The highest BCUT2D eigenvalue weighted by Crippen LogP contribution is 2.34. The second kappa shape index (κ2) is 23.5. The largest absolute Gasteiger partial charge is 0.460 e. The van der Waals surface area contributed by atoms with Gasteiger partial charge in [-0.2, -0.15) is 0 Å². The van der Waals surface area contributed by atoms with Crippen molar-refractivity contribution in [2.24, 2.45) is 0 Å². The van der Waals surface area contributed by atoms with Crippen LogP contribution in [0.25, 0.3) is 0 Å². The number of hydrogen-bond donors (Lipinski definition) is 7. The lowest BCUT2D eigenvalue weighted by molar-refractivity contribution is -0.512. The topological polar surface area (TPSA) is 287 Å². The highest BCUT2D eigenvalue weighted by molar-refractivity contribution is 6.34. The molecule has 0 radical (unpaired) electrons. The molecular formula is C31H54N2O17. The van der Waals surface area contributed by atoms with Crippen molar-refractivity contribution < 1.29 is 83.5 Å². The Morgan fingerprint density at radius 2 is 0.920 bits per heavy atom. The number of aliphatic hydroxyl groups excluding tert-OH is 1. The number of unbranched alkanes of at least 4 members (excludes halogenated alkanes) is 1. The predicted octanol–water partition coefficient (Wildman–Crippen LogP) is -2.54. The molecule has 50 heavy (non-hydrogen) atoms. The lowest BCUT2D eigenvalue weighted by atomic mass is 10.0. The van der Waals surface area contributed by atoms with Gasteiger partial charge in [0.1, 0.15) is 0 Å². The summed E-state index contributed by atoms with van der Waals surface area (Å²) in [4.78, 5) is 70.7. The summed E-state index contributed by atoms with van der Waals surface area (Å²) in [7, 11) is 0. The van der Waals surface area contributed by atoms with E-state index in [-0.39, 0.29) is 51.7 Å². The first-order valence-corrected chi connectivity index (χ1v) is 16.5. The van der Waals surface area contributed by atoms with Crippen LogP contribution < -0.4 is 0 Å². The van der Waals surface area contributed by atoms with Gasteiger partial charge in [-0.1, -0.05) is 34.1 Å². The second-order valence-corrected chi connectivity index (χ2v) is 11.3. The first kappa shape index (κ1) is 47.0. The lowest BCUT2D eigenvalue weighted by Crippen LogP contribution is -2.78. The van der Waals surface area contributed by atoms with Crippen molar-refractivity contribution in [2.45, 2.75) is 103 Å². The van der Waals surface area contributed by atoms with Crippen LogP contribution in [0.2, 0.25) is 0 Å². The van der Waals surface area contributed by atoms with Crippen LogP contribution in [0, 0.1) is 0 Å². The number of nitrogens with zero attached hydrogens (tertiary/aromatic N) is 2. The average Bonchev–Trinajstić information content (AvgIpc) is 3.08. The van der Waals surface area contributed by atoms with Crippen LogP contribution >= 0.6 is 0 Å². The molecular weight excluding hydrogens is 672 g/mol.